The van der Waals surface area contributed by atoms with Gasteiger partial charge in [0.15, 0.2) is 23.1 Å². The van der Waals surface area contributed by atoms with Gasteiger partial charge in [-0.25, -0.2) is 4.39 Å². The van der Waals surface area contributed by atoms with Crippen molar-refractivity contribution in [3.05, 3.63) is 17.8 Å². The Balaban J connectivity index is 2.72. The number of ether oxygens (including phenoxy) is 3. The molecule has 2 N–H and O–H groups in total. The first-order valence-corrected chi connectivity index (χ1v) is 5.67. The van der Waals surface area contributed by atoms with Crippen LogP contribution in [0.1, 0.15) is 5.89 Å². The maximum absolute atomic E-state index is 14.0. The van der Waals surface area contributed by atoms with Gasteiger partial charge in [0.2, 0.25) is 11.7 Å². The SMILES string of the molecule is COc1cc(F)c(OC)c(-c2noc(CN)n2)c1OC. The molecule has 0 fully saturated rings. The standard InChI is InChI=1S/C12H14FN3O4/c1-17-7-4-6(13)10(18-2)9(11(7)19-3)12-15-8(5-14)20-16-12/h4H,5,14H2,1-3H3. The minimum absolute atomic E-state index is 0.0629. The molecule has 8 heteroatoms. The van der Waals surface area contributed by atoms with E-state index in [4.69, 9.17) is 24.5 Å². The first kappa shape index (κ1) is 14.1. The summed E-state index contributed by atoms with van der Waals surface area (Å²) < 4.78 is 34.3. The molecule has 0 spiro atoms. The monoisotopic (exact) mass is 283 g/mol. The second kappa shape index (κ2) is 5.74. The van der Waals surface area contributed by atoms with Gasteiger partial charge in [0.25, 0.3) is 0 Å². The highest BCUT2D eigenvalue weighted by atomic mass is 19.1. The number of benzene rings is 1. The van der Waals surface area contributed by atoms with Crippen molar-refractivity contribution in [3.63, 3.8) is 0 Å². The number of aromatic nitrogens is 2. The van der Waals surface area contributed by atoms with Crippen molar-refractivity contribution in [2.75, 3.05) is 21.3 Å². The predicted molar refractivity (Wildman–Crippen MR) is 67.2 cm³/mol. The van der Waals surface area contributed by atoms with Gasteiger partial charge >= 0.3 is 0 Å². The van der Waals surface area contributed by atoms with Gasteiger partial charge in [0, 0.05) is 6.07 Å². The average Bonchev–Trinajstić information content (AvgIpc) is 2.94. The van der Waals surface area contributed by atoms with Gasteiger partial charge in [0.1, 0.15) is 5.56 Å². The maximum Gasteiger partial charge on any atom is 0.240 e. The van der Waals surface area contributed by atoms with Crippen molar-refractivity contribution in [1.82, 2.24) is 10.1 Å². The van der Waals surface area contributed by atoms with Gasteiger partial charge in [0.05, 0.1) is 27.9 Å². The highest BCUT2D eigenvalue weighted by molar-refractivity contribution is 5.75. The van der Waals surface area contributed by atoms with Crippen molar-refractivity contribution in [3.8, 4) is 28.6 Å². The summed E-state index contributed by atoms with van der Waals surface area (Å²) in [4.78, 5) is 4.05. The van der Waals surface area contributed by atoms with Gasteiger partial charge in [-0.2, -0.15) is 4.98 Å². The van der Waals surface area contributed by atoms with E-state index in [0.29, 0.717) is 0 Å². The Bertz CT molecular complexity index is 615. The third-order valence-corrected chi connectivity index (χ3v) is 2.65. The van der Waals surface area contributed by atoms with E-state index in [2.05, 4.69) is 10.1 Å². The number of nitrogens with two attached hydrogens (primary N) is 1. The molecule has 0 atom stereocenters. The molecule has 0 aliphatic carbocycles. The van der Waals surface area contributed by atoms with Crippen molar-refractivity contribution in [1.29, 1.82) is 0 Å². The van der Waals surface area contributed by atoms with Crippen LogP contribution in [0.2, 0.25) is 0 Å². The molecule has 0 radical (unpaired) electrons. The van der Waals surface area contributed by atoms with Crippen LogP contribution >= 0.6 is 0 Å². The average molecular weight is 283 g/mol. The number of hydrogen-bond acceptors (Lipinski definition) is 7. The van der Waals surface area contributed by atoms with E-state index < -0.39 is 5.82 Å². The van der Waals surface area contributed by atoms with E-state index in [0.717, 1.165) is 6.07 Å². The Morgan fingerprint density at radius 3 is 2.40 bits per heavy atom. The van der Waals surface area contributed by atoms with Crippen LogP contribution in [0, 0.1) is 5.82 Å². The van der Waals surface area contributed by atoms with Crippen molar-refractivity contribution < 1.29 is 23.1 Å². The molecule has 1 heterocycles. The number of nitrogens with zero attached hydrogens (tertiary/aromatic N) is 2. The largest absolute Gasteiger partial charge is 0.493 e. The molecule has 2 aromatic rings. The third kappa shape index (κ3) is 2.25. The Hall–Kier alpha value is -2.35. The van der Waals surface area contributed by atoms with Crippen LogP contribution in [0.25, 0.3) is 11.4 Å². The van der Waals surface area contributed by atoms with Crippen LogP contribution in [-0.2, 0) is 6.54 Å². The fourth-order valence-electron chi connectivity index (χ4n) is 1.79. The van der Waals surface area contributed by atoms with Crippen LogP contribution in [-0.4, -0.2) is 31.5 Å². The normalized spacial score (nSPS) is 10.4. The summed E-state index contributed by atoms with van der Waals surface area (Å²) in [6.45, 7) is 0.0735. The molecule has 0 aliphatic heterocycles. The molecular formula is C12H14FN3O4. The zero-order valence-electron chi connectivity index (χ0n) is 11.3. The smallest absolute Gasteiger partial charge is 0.240 e. The molecule has 1 aromatic heterocycles. The minimum atomic E-state index is -0.626. The van der Waals surface area contributed by atoms with Crippen LogP contribution in [0.4, 0.5) is 4.39 Å². The Labute approximate surface area is 114 Å². The van der Waals surface area contributed by atoms with E-state index in [1.807, 2.05) is 0 Å². The zero-order valence-corrected chi connectivity index (χ0v) is 11.3. The Morgan fingerprint density at radius 2 is 1.90 bits per heavy atom. The molecular weight excluding hydrogens is 269 g/mol. The van der Waals surface area contributed by atoms with Crippen LogP contribution < -0.4 is 19.9 Å². The maximum atomic E-state index is 14.0. The Kier molecular flexibility index (Phi) is 4.04. The number of methoxy groups -OCH3 is 3. The first-order chi connectivity index (χ1) is 9.65. The Morgan fingerprint density at radius 1 is 1.20 bits per heavy atom. The van der Waals surface area contributed by atoms with E-state index in [-0.39, 0.29) is 41.1 Å². The van der Waals surface area contributed by atoms with Gasteiger partial charge in [-0.3, -0.25) is 0 Å². The van der Waals surface area contributed by atoms with Gasteiger partial charge < -0.3 is 24.5 Å². The molecule has 2 rings (SSSR count). The minimum Gasteiger partial charge on any atom is -0.493 e. The highest BCUT2D eigenvalue weighted by Gasteiger charge is 2.25. The topological polar surface area (TPSA) is 92.6 Å². The van der Waals surface area contributed by atoms with E-state index in [1.165, 1.54) is 21.3 Å². The molecule has 20 heavy (non-hydrogen) atoms. The summed E-state index contributed by atoms with van der Waals surface area (Å²) >= 11 is 0. The molecule has 0 bridgehead atoms. The molecule has 108 valence electrons. The lowest BCUT2D eigenvalue weighted by Crippen LogP contribution is -2.01. The third-order valence-electron chi connectivity index (χ3n) is 2.65. The zero-order chi connectivity index (χ0) is 14.7. The summed E-state index contributed by atoms with van der Waals surface area (Å²) in [6, 6.07) is 1.16. The number of hydrogen-bond donors (Lipinski definition) is 1. The first-order valence-electron chi connectivity index (χ1n) is 5.67. The molecule has 0 saturated carbocycles. The molecule has 7 nitrogen and oxygen atoms in total. The lowest BCUT2D eigenvalue weighted by Gasteiger charge is -2.14. The summed E-state index contributed by atoms with van der Waals surface area (Å²) in [5, 5.41) is 3.74. The van der Waals surface area contributed by atoms with Crippen LogP contribution in [0.15, 0.2) is 10.6 Å². The summed E-state index contributed by atoms with van der Waals surface area (Å²) in [6.07, 6.45) is 0. The molecule has 0 amide bonds. The second-order valence-electron chi connectivity index (χ2n) is 3.72. The second-order valence-corrected chi connectivity index (χ2v) is 3.72. The molecule has 1 aromatic carbocycles. The molecule has 0 saturated heterocycles. The fraction of sp³-hybridized carbons (Fsp3) is 0.333. The van der Waals surface area contributed by atoms with E-state index in [9.17, 15) is 4.39 Å². The van der Waals surface area contributed by atoms with Gasteiger partial charge in [-0.15, -0.1) is 0 Å². The lowest BCUT2D eigenvalue weighted by molar-refractivity contribution is 0.340. The molecule has 0 aliphatic rings. The number of rotatable bonds is 5. The van der Waals surface area contributed by atoms with E-state index >= 15 is 0 Å². The number of halogens is 1. The molecule has 0 unspecified atom stereocenters. The van der Waals surface area contributed by atoms with Crippen LogP contribution in [0.3, 0.4) is 0 Å². The van der Waals surface area contributed by atoms with Crippen molar-refractivity contribution >= 4 is 0 Å². The summed E-state index contributed by atoms with van der Waals surface area (Å²) in [5.41, 5.74) is 5.61. The van der Waals surface area contributed by atoms with Gasteiger partial charge in [-0.1, -0.05) is 5.16 Å². The predicted octanol–water partition coefficient (Wildman–Crippen LogP) is 1.36. The fourth-order valence-corrected chi connectivity index (χ4v) is 1.79. The van der Waals surface area contributed by atoms with Crippen molar-refractivity contribution in [2.24, 2.45) is 5.73 Å². The summed E-state index contributed by atoms with van der Waals surface area (Å²) in [5.74, 6) is 0.0746. The lowest BCUT2D eigenvalue weighted by atomic mass is 10.1. The van der Waals surface area contributed by atoms with E-state index in [1.54, 1.807) is 0 Å². The quantitative estimate of drug-likeness (QED) is 0.885. The highest BCUT2D eigenvalue weighted by Crippen LogP contribution is 2.44. The van der Waals surface area contributed by atoms with Crippen molar-refractivity contribution in [2.45, 2.75) is 6.54 Å². The summed E-state index contributed by atoms with van der Waals surface area (Å²) in [7, 11) is 4.15. The van der Waals surface area contributed by atoms with Crippen LogP contribution in [0.5, 0.6) is 17.2 Å². The van der Waals surface area contributed by atoms with Gasteiger partial charge in [-0.05, 0) is 0 Å².